The molecule has 4 rings (SSSR count). The minimum absolute atomic E-state index is 0.149. The molecule has 0 atom stereocenters. The van der Waals surface area contributed by atoms with Crippen LogP contribution in [0.5, 0.6) is 0 Å². The van der Waals surface area contributed by atoms with Gasteiger partial charge >= 0.3 is 5.97 Å². The van der Waals surface area contributed by atoms with Gasteiger partial charge in [-0.2, -0.15) is 0 Å². The van der Waals surface area contributed by atoms with Gasteiger partial charge in [-0.05, 0) is 55.5 Å². The molecule has 1 amide bonds. The molecule has 1 N–H and O–H groups in total. The Balaban J connectivity index is 1.45. The van der Waals surface area contributed by atoms with Crippen LogP contribution in [-0.4, -0.2) is 39.5 Å². The van der Waals surface area contributed by atoms with Gasteiger partial charge in [0.2, 0.25) is 5.91 Å². The van der Waals surface area contributed by atoms with Crippen molar-refractivity contribution in [2.75, 3.05) is 18.2 Å². The number of methoxy groups -OCH3 is 1. The fourth-order valence-electron chi connectivity index (χ4n) is 3.56. The Bertz CT molecular complexity index is 1120. The summed E-state index contributed by atoms with van der Waals surface area (Å²) in [5, 5.41) is 13.2. The molecule has 0 spiro atoms. The van der Waals surface area contributed by atoms with Crippen LogP contribution in [0.2, 0.25) is 5.02 Å². The van der Waals surface area contributed by atoms with Crippen LogP contribution in [-0.2, 0) is 29.4 Å². The number of thioether (sulfide) groups is 1. The summed E-state index contributed by atoms with van der Waals surface area (Å²) in [6.07, 6.45) is 3.91. The number of nitrogens with zero attached hydrogens (tertiary/aromatic N) is 3. The van der Waals surface area contributed by atoms with Crippen LogP contribution in [0.4, 0.5) is 5.00 Å². The highest BCUT2D eigenvalue weighted by Crippen LogP contribution is 2.38. The van der Waals surface area contributed by atoms with E-state index in [-0.39, 0.29) is 11.7 Å². The number of benzene rings is 1. The largest absolute Gasteiger partial charge is 0.465 e. The lowest BCUT2D eigenvalue weighted by Crippen LogP contribution is -2.17. The van der Waals surface area contributed by atoms with Crippen LogP contribution in [0, 0.1) is 0 Å². The second kappa shape index (κ2) is 9.42. The van der Waals surface area contributed by atoms with Crippen molar-refractivity contribution in [3.05, 3.63) is 45.3 Å². The molecule has 0 saturated heterocycles. The van der Waals surface area contributed by atoms with Crippen molar-refractivity contribution in [2.24, 2.45) is 7.05 Å². The Kier molecular flexibility index (Phi) is 6.64. The quantitative estimate of drug-likeness (QED) is 0.413. The lowest BCUT2D eigenvalue weighted by Gasteiger charge is -2.11. The van der Waals surface area contributed by atoms with Crippen LogP contribution < -0.4 is 5.32 Å². The predicted octanol–water partition coefficient (Wildman–Crippen LogP) is 4.59. The standard InChI is InChI=1S/C21H21ClN4O3S2/c1-26-18(12-7-9-13(22)10-8-12)24-25-21(26)30-11-16(27)23-19-17(20(28)29-2)14-5-3-4-6-15(14)31-19/h7-10H,3-6,11H2,1-2H3,(H,23,27). The van der Waals surface area contributed by atoms with E-state index in [9.17, 15) is 9.59 Å². The van der Waals surface area contributed by atoms with Crippen molar-refractivity contribution in [3.63, 3.8) is 0 Å². The van der Waals surface area contributed by atoms with Crippen LogP contribution in [0.3, 0.4) is 0 Å². The predicted molar refractivity (Wildman–Crippen MR) is 123 cm³/mol. The van der Waals surface area contributed by atoms with E-state index in [0.29, 0.717) is 26.6 Å². The molecule has 1 aliphatic carbocycles. The number of nitrogens with one attached hydrogen (secondary N) is 1. The number of aryl methyl sites for hydroxylation is 1. The topological polar surface area (TPSA) is 86.1 Å². The van der Waals surface area contributed by atoms with Crippen LogP contribution in [0.15, 0.2) is 29.4 Å². The zero-order chi connectivity index (χ0) is 22.0. The highest BCUT2D eigenvalue weighted by molar-refractivity contribution is 7.99. The second-order valence-electron chi connectivity index (χ2n) is 7.12. The summed E-state index contributed by atoms with van der Waals surface area (Å²) in [4.78, 5) is 26.1. The lowest BCUT2D eigenvalue weighted by molar-refractivity contribution is -0.113. The number of carbonyl (C=O) groups is 2. The summed E-state index contributed by atoms with van der Waals surface area (Å²) < 4.78 is 6.80. The molecule has 1 aromatic carbocycles. The maximum Gasteiger partial charge on any atom is 0.341 e. The van der Waals surface area contributed by atoms with E-state index in [1.165, 1.54) is 30.2 Å². The fourth-order valence-corrected chi connectivity index (χ4v) is 5.69. The van der Waals surface area contributed by atoms with Gasteiger partial charge in [-0.15, -0.1) is 21.5 Å². The first-order chi connectivity index (χ1) is 15.0. The van der Waals surface area contributed by atoms with Crippen molar-refractivity contribution >= 4 is 51.6 Å². The monoisotopic (exact) mass is 476 g/mol. The van der Waals surface area contributed by atoms with Gasteiger partial charge in [-0.25, -0.2) is 4.79 Å². The Morgan fingerprint density at radius 1 is 1.23 bits per heavy atom. The maximum atomic E-state index is 12.6. The van der Waals surface area contributed by atoms with Gasteiger partial charge in [0.15, 0.2) is 11.0 Å². The van der Waals surface area contributed by atoms with Gasteiger partial charge in [0.25, 0.3) is 0 Å². The van der Waals surface area contributed by atoms with E-state index < -0.39 is 5.97 Å². The first kappa shape index (κ1) is 21.9. The van der Waals surface area contributed by atoms with Crippen molar-refractivity contribution in [2.45, 2.75) is 30.8 Å². The molecule has 31 heavy (non-hydrogen) atoms. The van der Waals surface area contributed by atoms with E-state index in [2.05, 4.69) is 15.5 Å². The summed E-state index contributed by atoms with van der Waals surface area (Å²) in [7, 11) is 3.22. The third-order valence-corrected chi connectivity index (χ3v) is 7.56. The number of aromatic nitrogens is 3. The maximum absolute atomic E-state index is 12.6. The summed E-state index contributed by atoms with van der Waals surface area (Å²) in [5.41, 5.74) is 2.42. The fraction of sp³-hybridized carbons (Fsp3) is 0.333. The van der Waals surface area contributed by atoms with E-state index in [1.54, 1.807) is 12.1 Å². The number of hydrogen-bond donors (Lipinski definition) is 1. The van der Waals surface area contributed by atoms with Crippen LogP contribution in [0.25, 0.3) is 11.4 Å². The van der Waals surface area contributed by atoms with Crippen molar-refractivity contribution in [3.8, 4) is 11.4 Å². The molecule has 162 valence electrons. The molecular formula is C21H21ClN4O3S2. The Morgan fingerprint density at radius 2 is 1.97 bits per heavy atom. The first-order valence-electron chi connectivity index (χ1n) is 9.78. The van der Waals surface area contributed by atoms with Crippen molar-refractivity contribution in [1.82, 2.24) is 14.8 Å². The number of rotatable bonds is 6. The Morgan fingerprint density at radius 3 is 2.71 bits per heavy atom. The molecule has 0 radical (unpaired) electrons. The second-order valence-corrected chi connectivity index (χ2v) is 9.60. The van der Waals surface area contributed by atoms with Gasteiger partial charge in [0.05, 0.1) is 18.4 Å². The van der Waals surface area contributed by atoms with Crippen molar-refractivity contribution in [1.29, 1.82) is 0 Å². The number of halogens is 1. The zero-order valence-corrected chi connectivity index (χ0v) is 19.5. The lowest BCUT2D eigenvalue weighted by atomic mass is 9.95. The van der Waals surface area contributed by atoms with Gasteiger partial charge in [0, 0.05) is 22.5 Å². The van der Waals surface area contributed by atoms with E-state index in [0.717, 1.165) is 41.7 Å². The summed E-state index contributed by atoms with van der Waals surface area (Å²) >= 11 is 8.71. The molecule has 0 fully saturated rings. The molecule has 0 aliphatic heterocycles. The minimum atomic E-state index is -0.400. The van der Waals surface area contributed by atoms with Crippen LogP contribution >= 0.6 is 34.7 Å². The highest BCUT2D eigenvalue weighted by atomic mass is 35.5. The Labute approximate surface area is 193 Å². The molecule has 3 aromatic rings. The SMILES string of the molecule is COC(=O)c1c(NC(=O)CSc2nnc(-c3ccc(Cl)cc3)n2C)sc2c1CCCC2. The van der Waals surface area contributed by atoms with E-state index in [1.807, 2.05) is 23.7 Å². The smallest absolute Gasteiger partial charge is 0.341 e. The van der Waals surface area contributed by atoms with Gasteiger partial charge in [0.1, 0.15) is 5.00 Å². The average Bonchev–Trinajstić information content (AvgIpc) is 3.32. The number of fused-ring (bicyclic) bond motifs is 1. The van der Waals surface area contributed by atoms with Crippen molar-refractivity contribution < 1.29 is 14.3 Å². The number of thiophene rings is 1. The van der Waals surface area contributed by atoms with Gasteiger partial charge < -0.3 is 14.6 Å². The number of anilines is 1. The Hall–Kier alpha value is -2.36. The average molecular weight is 477 g/mol. The first-order valence-corrected chi connectivity index (χ1v) is 12.0. The molecular weight excluding hydrogens is 456 g/mol. The van der Waals surface area contributed by atoms with E-state index >= 15 is 0 Å². The number of amides is 1. The number of carbonyl (C=O) groups excluding carboxylic acids is 2. The molecule has 2 aromatic heterocycles. The summed E-state index contributed by atoms with van der Waals surface area (Å²) in [5.74, 6) is 0.238. The number of esters is 1. The zero-order valence-electron chi connectivity index (χ0n) is 17.1. The summed E-state index contributed by atoms with van der Waals surface area (Å²) in [6, 6.07) is 7.34. The molecule has 2 heterocycles. The normalized spacial score (nSPS) is 13.0. The molecule has 0 bridgehead atoms. The molecule has 1 aliphatic rings. The number of hydrogen-bond acceptors (Lipinski definition) is 7. The third kappa shape index (κ3) is 4.63. The molecule has 0 unspecified atom stereocenters. The minimum Gasteiger partial charge on any atom is -0.465 e. The third-order valence-electron chi connectivity index (χ3n) is 5.08. The molecule has 0 saturated carbocycles. The highest BCUT2D eigenvalue weighted by Gasteiger charge is 2.27. The van der Waals surface area contributed by atoms with Crippen LogP contribution in [0.1, 0.15) is 33.6 Å². The molecule has 7 nitrogen and oxygen atoms in total. The molecule has 10 heteroatoms. The van der Waals surface area contributed by atoms with Gasteiger partial charge in [-0.1, -0.05) is 23.4 Å². The summed E-state index contributed by atoms with van der Waals surface area (Å²) in [6.45, 7) is 0. The van der Waals surface area contributed by atoms with Gasteiger partial charge in [-0.3, -0.25) is 4.79 Å². The number of ether oxygens (including phenoxy) is 1. The van der Waals surface area contributed by atoms with E-state index in [4.69, 9.17) is 16.3 Å².